The van der Waals surface area contributed by atoms with Gasteiger partial charge < -0.3 is 14.7 Å². The van der Waals surface area contributed by atoms with Crippen molar-refractivity contribution in [1.29, 1.82) is 0 Å². The Kier molecular flexibility index (Phi) is 8.22. The van der Waals surface area contributed by atoms with Crippen molar-refractivity contribution in [1.82, 2.24) is 19.6 Å². The zero-order chi connectivity index (χ0) is 24.7. The molecule has 8 heteroatoms. The van der Waals surface area contributed by atoms with Gasteiger partial charge in [-0.1, -0.05) is 51.1 Å². The molecule has 2 unspecified atom stereocenters. The topological polar surface area (TPSA) is 64.2 Å². The van der Waals surface area contributed by atoms with Crippen LogP contribution in [0.3, 0.4) is 0 Å². The molecule has 3 heterocycles. The SMILES string of the molecule is CCN1C(=O)N(C)C(=O)C12CCN(CC1CN(C(=O)CC(C)(C)C)CC1c1ccccc1)CC2.Cl. The highest BCUT2D eigenvalue weighted by atomic mass is 35.5. The Balaban J connectivity index is 0.00000342. The molecule has 0 bridgehead atoms. The maximum atomic E-state index is 13.0. The van der Waals surface area contributed by atoms with Gasteiger partial charge in [0, 0.05) is 58.7 Å². The molecule has 2 atom stereocenters. The third-order valence-corrected chi connectivity index (χ3v) is 7.93. The number of carbonyl (C=O) groups is 3. The summed E-state index contributed by atoms with van der Waals surface area (Å²) < 4.78 is 0. The molecule has 0 saturated carbocycles. The Morgan fingerprint density at radius 1 is 1.06 bits per heavy atom. The lowest BCUT2D eigenvalue weighted by atomic mass is 9.84. The average Bonchev–Trinajstić information content (AvgIpc) is 3.29. The Bertz CT molecular complexity index is 924. The summed E-state index contributed by atoms with van der Waals surface area (Å²) in [6.45, 7) is 12.9. The van der Waals surface area contributed by atoms with Crippen LogP contribution in [0.4, 0.5) is 4.79 Å². The van der Waals surface area contributed by atoms with Crippen LogP contribution in [0.25, 0.3) is 0 Å². The predicted molar refractivity (Wildman–Crippen MR) is 140 cm³/mol. The Morgan fingerprint density at radius 3 is 2.26 bits per heavy atom. The number of hydrogen-bond acceptors (Lipinski definition) is 4. The van der Waals surface area contributed by atoms with Crippen LogP contribution in [-0.2, 0) is 9.59 Å². The van der Waals surface area contributed by atoms with E-state index in [0.29, 0.717) is 37.6 Å². The first kappa shape index (κ1) is 27.5. The molecule has 3 saturated heterocycles. The number of likely N-dealkylation sites (N-methyl/N-ethyl adjacent to an activating group) is 2. The van der Waals surface area contributed by atoms with Gasteiger partial charge in [0.05, 0.1) is 0 Å². The van der Waals surface area contributed by atoms with Crippen LogP contribution in [0.2, 0.25) is 0 Å². The summed E-state index contributed by atoms with van der Waals surface area (Å²) in [5, 5.41) is 0. The van der Waals surface area contributed by atoms with E-state index in [-0.39, 0.29) is 35.7 Å². The number of halogens is 1. The fourth-order valence-corrected chi connectivity index (χ4v) is 6.14. The van der Waals surface area contributed by atoms with E-state index in [1.165, 1.54) is 10.5 Å². The van der Waals surface area contributed by atoms with Gasteiger partial charge in [-0.05, 0) is 36.7 Å². The molecule has 0 radical (unpaired) electrons. The molecule has 7 nitrogen and oxygen atoms in total. The Morgan fingerprint density at radius 2 is 1.69 bits per heavy atom. The monoisotopic (exact) mass is 504 g/mol. The minimum absolute atomic E-state index is 0. The fourth-order valence-electron chi connectivity index (χ4n) is 6.14. The summed E-state index contributed by atoms with van der Waals surface area (Å²) in [5.41, 5.74) is 0.588. The summed E-state index contributed by atoms with van der Waals surface area (Å²) in [6.07, 6.45) is 1.90. The van der Waals surface area contributed by atoms with Crippen molar-refractivity contribution in [3.63, 3.8) is 0 Å². The van der Waals surface area contributed by atoms with E-state index < -0.39 is 5.54 Å². The molecular formula is C27H41ClN4O3. The molecule has 1 spiro atoms. The lowest BCUT2D eigenvalue weighted by Gasteiger charge is -2.42. The van der Waals surface area contributed by atoms with Gasteiger partial charge >= 0.3 is 6.03 Å². The molecule has 35 heavy (non-hydrogen) atoms. The van der Waals surface area contributed by atoms with Gasteiger partial charge in [-0.25, -0.2) is 4.79 Å². The van der Waals surface area contributed by atoms with Crippen molar-refractivity contribution in [2.75, 3.05) is 46.3 Å². The minimum atomic E-state index is -0.680. The van der Waals surface area contributed by atoms with Gasteiger partial charge in [0.15, 0.2) is 0 Å². The summed E-state index contributed by atoms with van der Waals surface area (Å²) in [6, 6.07) is 10.4. The van der Waals surface area contributed by atoms with Crippen LogP contribution < -0.4 is 0 Å². The van der Waals surface area contributed by atoms with Crippen LogP contribution in [0.1, 0.15) is 58.4 Å². The highest BCUT2D eigenvalue weighted by Gasteiger charge is 2.56. The number of carbonyl (C=O) groups excluding carboxylic acids is 3. The second-order valence-electron chi connectivity index (χ2n) is 11.5. The van der Waals surface area contributed by atoms with Crippen LogP contribution in [0.15, 0.2) is 30.3 Å². The van der Waals surface area contributed by atoms with Crippen molar-refractivity contribution in [3.05, 3.63) is 35.9 Å². The second-order valence-corrected chi connectivity index (χ2v) is 11.5. The maximum absolute atomic E-state index is 13.0. The van der Waals surface area contributed by atoms with Crippen LogP contribution in [0, 0.1) is 11.3 Å². The van der Waals surface area contributed by atoms with Gasteiger partial charge in [-0.2, -0.15) is 0 Å². The summed E-state index contributed by atoms with van der Waals surface area (Å²) in [4.78, 5) is 46.1. The maximum Gasteiger partial charge on any atom is 0.327 e. The lowest BCUT2D eigenvalue weighted by Crippen LogP contribution is -2.57. The number of imide groups is 1. The molecule has 194 valence electrons. The Labute approximate surface area is 216 Å². The molecule has 4 rings (SSSR count). The van der Waals surface area contributed by atoms with Crippen LogP contribution in [-0.4, -0.2) is 89.3 Å². The molecule has 0 aliphatic carbocycles. The molecule has 1 aromatic carbocycles. The molecule has 0 N–H and O–H groups in total. The largest absolute Gasteiger partial charge is 0.342 e. The van der Waals surface area contributed by atoms with Gasteiger partial charge in [-0.3, -0.25) is 14.5 Å². The number of hydrogen-bond donors (Lipinski definition) is 0. The normalized spacial score (nSPS) is 24.9. The minimum Gasteiger partial charge on any atom is -0.342 e. The standard InChI is InChI=1S/C27H40N4O3.ClH/c1-6-31-25(34)28(5)24(33)27(31)12-14-29(15-13-27)17-21-18-30(23(32)16-26(2,3)4)19-22(21)20-10-8-7-9-11-20;/h7-11,21-22H,6,12-19H2,1-5H3;1H. The van der Waals surface area contributed by atoms with E-state index in [4.69, 9.17) is 0 Å². The Hall–Kier alpha value is -2.12. The predicted octanol–water partition coefficient (Wildman–Crippen LogP) is 3.84. The average molecular weight is 505 g/mol. The highest BCUT2D eigenvalue weighted by molar-refractivity contribution is 6.06. The first-order valence-electron chi connectivity index (χ1n) is 12.7. The van der Waals surface area contributed by atoms with Crippen molar-refractivity contribution >= 4 is 30.3 Å². The van der Waals surface area contributed by atoms with Gasteiger partial charge in [0.2, 0.25) is 5.91 Å². The second kappa shape index (κ2) is 10.5. The lowest BCUT2D eigenvalue weighted by molar-refractivity contribution is -0.135. The molecular weight excluding hydrogens is 464 g/mol. The number of urea groups is 1. The summed E-state index contributed by atoms with van der Waals surface area (Å²) in [7, 11) is 1.60. The van der Waals surface area contributed by atoms with E-state index in [1.807, 2.05) is 13.0 Å². The molecule has 4 amide bonds. The fraction of sp³-hybridized carbons (Fsp3) is 0.667. The highest BCUT2D eigenvalue weighted by Crippen LogP contribution is 2.39. The molecule has 3 aliphatic rings. The first-order valence-corrected chi connectivity index (χ1v) is 12.7. The number of piperidine rings is 1. The number of likely N-dealkylation sites (tertiary alicyclic amines) is 2. The van der Waals surface area contributed by atoms with E-state index in [1.54, 1.807) is 11.9 Å². The molecule has 0 aromatic heterocycles. The van der Waals surface area contributed by atoms with Crippen molar-refractivity contribution in [2.45, 2.75) is 58.4 Å². The quantitative estimate of drug-likeness (QED) is 0.571. The number of benzene rings is 1. The smallest absolute Gasteiger partial charge is 0.327 e. The van der Waals surface area contributed by atoms with E-state index in [2.05, 4.69) is 54.8 Å². The van der Waals surface area contributed by atoms with E-state index in [9.17, 15) is 14.4 Å². The van der Waals surface area contributed by atoms with E-state index in [0.717, 1.165) is 32.7 Å². The van der Waals surface area contributed by atoms with Gasteiger partial charge in [-0.15, -0.1) is 12.4 Å². The third kappa shape index (κ3) is 5.36. The van der Waals surface area contributed by atoms with Gasteiger partial charge in [0.25, 0.3) is 5.91 Å². The van der Waals surface area contributed by atoms with Crippen LogP contribution in [0.5, 0.6) is 0 Å². The zero-order valence-corrected chi connectivity index (χ0v) is 22.6. The number of rotatable bonds is 5. The van der Waals surface area contributed by atoms with Gasteiger partial charge in [0.1, 0.15) is 5.54 Å². The van der Waals surface area contributed by atoms with E-state index >= 15 is 0 Å². The molecule has 3 aliphatic heterocycles. The van der Waals surface area contributed by atoms with Crippen molar-refractivity contribution < 1.29 is 14.4 Å². The molecule has 3 fully saturated rings. The number of amides is 4. The summed E-state index contributed by atoms with van der Waals surface area (Å²) >= 11 is 0. The van der Waals surface area contributed by atoms with Crippen LogP contribution >= 0.6 is 12.4 Å². The van der Waals surface area contributed by atoms with Crippen molar-refractivity contribution in [2.24, 2.45) is 11.3 Å². The summed E-state index contributed by atoms with van der Waals surface area (Å²) in [5.74, 6) is 0.853. The van der Waals surface area contributed by atoms with Crippen molar-refractivity contribution in [3.8, 4) is 0 Å². The first-order chi connectivity index (χ1) is 16.1. The third-order valence-electron chi connectivity index (χ3n) is 7.93. The number of nitrogens with zero attached hydrogens (tertiary/aromatic N) is 4. The zero-order valence-electron chi connectivity index (χ0n) is 21.8. The molecule has 1 aromatic rings.